The molecular formula is C13H9F6NO2. The van der Waals surface area contributed by atoms with Crippen molar-refractivity contribution in [3.05, 3.63) is 41.8 Å². The van der Waals surface area contributed by atoms with Gasteiger partial charge >= 0.3 is 12.4 Å². The fourth-order valence-corrected chi connectivity index (χ4v) is 1.58. The third kappa shape index (κ3) is 4.48. The van der Waals surface area contributed by atoms with Gasteiger partial charge in [0, 0.05) is 5.56 Å². The van der Waals surface area contributed by atoms with Gasteiger partial charge in [0.1, 0.15) is 18.6 Å². The Bertz CT molecular complexity index is 615. The molecule has 2 rings (SSSR count). The maximum Gasteiger partial charge on any atom is 0.416 e. The Hall–Kier alpha value is -2.03. The Morgan fingerprint density at radius 3 is 2.18 bits per heavy atom. The molecule has 0 saturated carbocycles. The van der Waals surface area contributed by atoms with Gasteiger partial charge in [0.15, 0.2) is 0 Å². The van der Waals surface area contributed by atoms with Gasteiger partial charge in [-0.3, -0.25) is 0 Å². The van der Waals surface area contributed by atoms with Crippen molar-refractivity contribution in [2.45, 2.75) is 19.0 Å². The number of halogens is 6. The molecule has 0 N–H and O–H groups in total. The standard InChI is InChI=1S/C13H9F6NO2/c14-12(15,16)7-21-5-10-6-22-11(20-10)8-1-3-9(4-2-8)13(17,18)19/h1-4,6H,5,7H2. The Morgan fingerprint density at radius 2 is 1.64 bits per heavy atom. The summed E-state index contributed by atoms with van der Waals surface area (Å²) >= 11 is 0. The molecule has 0 saturated heterocycles. The molecule has 1 aromatic carbocycles. The summed E-state index contributed by atoms with van der Waals surface area (Å²) in [7, 11) is 0. The summed E-state index contributed by atoms with van der Waals surface area (Å²) in [6.07, 6.45) is -7.81. The van der Waals surface area contributed by atoms with E-state index >= 15 is 0 Å². The molecule has 0 bridgehead atoms. The van der Waals surface area contributed by atoms with Crippen LogP contribution >= 0.6 is 0 Å². The summed E-state index contributed by atoms with van der Waals surface area (Å²) in [6, 6.07) is 4.04. The molecule has 22 heavy (non-hydrogen) atoms. The number of benzene rings is 1. The van der Waals surface area contributed by atoms with E-state index in [0.29, 0.717) is 0 Å². The number of oxazole rings is 1. The van der Waals surface area contributed by atoms with E-state index < -0.39 is 31.1 Å². The minimum Gasteiger partial charge on any atom is -0.444 e. The smallest absolute Gasteiger partial charge is 0.416 e. The van der Waals surface area contributed by atoms with Crippen molar-refractivity contribution in [3.63, 3.8) is 0 Å². The van der Waals surface area contributed by atoms with Crippen LogP contribution in [0.1, 0.15) is 11.3 Å². The molecule has 0 amide bonds. The Labute approximate surface area is 120 Å². The number of hydrogen-bond donors (Lipinski definition) is 0. The van der Waals surface area contributed by atoms with E-state index in [-0.39, 0.29) is 17.1 Å². The third-order valence-electron chi connectivity index (χ3n) is 2.53. The van der Waals surface area contributed by atoms with Gasteiger partial charge in [-0.1, -0.05) is 0 Å². The molecule has 0 spiro atoms. The van der Waals surface area contributed by atoms with E-state index in [1.807, 2.05) is 0 Å². The van der Waals surface area contributed by atoms with Gasteiger partial charge < -0.3 is 9.15 Å². The van der Waals surface area contributed by atoms with E-state index in [4.69, 9.17) is 4.42 Å². The Balaban J connectivity index is 2.02. The van der Waals surface area contributed by atoms with E-state index in [0.717, 1.165) is 30.5 Å². The highest BCUT2D eigenvalue weighted by atomic mass is 19.4. The number of ether oxygens (including phenoxy) is 1. The van der Waals surface area contributed by atoms with Crippen LogP contribution < -0.4 is 0 Å². The molecule has 0 unspecified atom stereocenters. The normalized spacial score (nSPS) is 12.6. The topological polar surface area (TPSA) is 35.3 Å². The van der Waals surface area contributed by atoms with Crippen LogP contribution in [0.2, 0.25) is 0 Å². The summed E-state index contributed by atoms with van der Waals surface area (Å²) in [6.45, 7) is -1.83. The summed E-state index contributed by atoms with van der Waals surface area (Å²) in [5, 5.41) is 0. The minimum atomic E-state index is -4.45. The predicted molar refractivity (Wildman–Crippen MR) is 62.7 cm³/mol. The number of alkyl halides is 6. The lowest BCUT2D eigenvalue weighted by atomic mass is 10.1. The maximum absolute atomic E-state index is 12.4. The zero-order valence-electron chi connectivity index (χ0n) is 10.8. The highest BCUT2D eigenvalue weighted by Crippen LogP contribution is 2.30. The van der Waals surface area contributed by atoms with Crippen molar-refractivity contribution in [2.24, 2.45) is 0 Å². The summed E-state index contributed by atoms with van der Waals surface area (Å²) < 4.78 is 82.4. The molecule has 0 atom stereocenters. The van der Waals surface area contributed by atoms with Crippen LogP contribution in [0.4, 0.5) is 26.3 Å². The van der Waals surface area contributed by atoms with Crippen molar-refractivity contribution in [2.75, 3.05) is 6.61 Å². The first-order chi connectivity index (χ1) is 10.1. The lowest BCUT2D eigenvalue weighted by Gasteiger charge is -2.06. The first-order valence-electron chi connectivity index (χ1n) is 5.92. The minimum absolute atomic E-state index is 0.000617. The highest BCUT2D eigenvalue weighted by Gasteiger charge is 2.30. The number of hydrogen-bond acceptors (Lipinski definition) is 3. The lowest BCUT2D eigenvalue weighted by molar-refractivity contribution is -0.176. The molecule has 3 nitrogen and oxygen atoms in total. The molecule has 1 aromatic heterocycles. The van der Waals surface area contributed by atoms with Gasteiger partial charge in [0.05, 0.1) is 12.2 Å². The SMILES string of the molecule is FC(F)(F)COCc1coc(-c2ccc(C(F)(F)F)cc2)n1. The fourth-order valence-electron chi connectivity index (χ4n) is 1.58. The number of rotatable bonds is 4. The summed E-state index contributed by atoms with van der Waals surface area (Å²) in [5.74, 6) is -0.000617. The second kappa shape index (κ2) is 5.99. The van der Waals surface area contributed by atoms with Crippen molar-refractivity contribution < 1.29 is 35.5 Å². The van der Waals surface area contributed by atoms with Crippen LogP contribution in [-0.2, 0) is 17.5 Å². The molecular weight excluding hydrogens is 316 g/mol. The lowest BCUT2D eigenvalue weighted by Crippen LogP contribution is -2.16. The van der Waals surface area contributed by atoms with Gasteiger partial charge in [-0.25, -0.2) is 4.98 Å². The second-order valence-electron chi connectivity index (χ2n) is 4.33. The summed E-state index contributed by atoms with van der Waals surface area (Å²) in [4.78, 5) is 3.85. The van der Waals surface area contributed by atoms with Crippen LogP contribution in [0.15, 0.2) is 34.9 Å². The first kappa shape index (κ1) is 16.3. The van der Waals surface area contributed by atoms with Gasteiger partial charge in [-0.05, 0) is 24.3 Å². The highest BCUT2D eigenvalue weighted by molar-refractivity contribution is 5.53. The molecule has 9 heteroatoms. The van der Waals surface area contributed by atoms with Gasteiger partial charge in [-0.15, -0.1) is 0 Å². The second-order valence-corrected chi connectivity index (χ2v) is 4.33. The van der Waals surface area contributed by atoms with Crippen LogP contribution in [0.3, 0.4) is 0 Å². The van der Waals surface area contributed by atoms with Gasteiger partial charge in [-0.2, -0.15) is 26.3 Å². The molecule has 0 fully saturated rings. The predicted octanol–water partition coefficient (Wildman–Crippen LogP) is 4.44. The zero-order chi connectivity index (χ0) is 16.4. The van der Waals surface area contributed by atoms with Crippen molar-refractivity contribution in [1.29, 1.82) is 0 Å². The van der Waals surface area contributed by atoms with Crippen molar-refractivity contribution in [3.8, 4) is 11.5 Å². The number of aromatic nitrogens is 1. The van der Waals surface area contributed by atoms with Crippen molar-refractivity contribution >= 4 is 0 Å². The van der Waals surface area contributed by atoms with E-state index in [1.54, 1.807) is 0 Å². The molecule has 120 valence electrons. The average molecular weight is 325 g/mol. The van der Waals surface area contributed by atoms with Gasteiger partial charge in [0.2, 0.25) is 5.89 Å². The van der Waals surface area contributed by atoms with E-state index in [2.05, 4.69) is 9.72 Å². The van der Waals surface area contributed by atoms with Gasteiger partial charge in [0.25, 0.3) is 0 Å². The quantitative estimate of drug-likeness (QED) is 0.780. The largest absolute Gasteiger partial charge is 0.444 e. The average Bonchev–Trinajstić information content (AvgIpc) is 2.85. The third-order valence-corrected chi connectivity index (χ3v) is 2.53. The Morgan fingerprint density at radius 1 is 1.00 bits per heavy atom. The zero-order valence-corrected chi connectivity index (χ0v) is 10.8. The molecule has 0 aliphatic heterocycles. The molecule has 0 radical (unpaired) electrons. The van der Waals surface area contributed by atoms with Crippen LogP contribution in [0.5, 0.6) is 0 Å². The van der Waals surface area contributed by atoms with Crippen molar-refractivity contribution in [1.82, 2.24) is 4.98 Å². The maximum atomic E-state index is 12.4. The van der Waals surface area contributed by atoms with E-state index in [9.17, 15) is 26.3 Å². The van der Waals surface area contributed by atoms with E-state index in [1.165, 1.54) is 0 Å². The van der Waals surface area contributed by atoms with Crippen LogP contribution in [0, 0.1) is 0 Å². The molecule has 0 aliphatic carbocycles. The van der Waals surface area contributed by atoms with Crippen LogP contribution in [-0.4, -0.2) is 17.8 Å². The molecule has 1 heterocycles. The number of nitrogens with zero attached hydrogens (tertiary/aromatic N) is 1. The molecule has 0 aliphatic rings. The summed E-state index contributed by atoms with van der Waals surface area (Å²) in [5.41, 5.74) is -0.439. The molecule has 2 aromatic rings. The first-order valence-corrected chi connectivity index (χ1v) is 5.92. The fraction of sp³-hybridized carbons (Fsp3) is 0.308. The Kier molecular flexibility index (Phi) is 4.45. The monoisotopic (exact) mass is 325 g/mol. The van der Waals surface area contributed by atoms with Crippen LogP contribution in [0.25, 0.3) is 11.5 Å².